The molecule has 3 atom stereocenters. The molecule has 0 bridgehead atoms. The van der Waals surface area contributed by atoms with E-state index in [1.54, 1.807) is 0 Å². The average molecular weight is 254 g/mol. The topological polar surface area (TPSA) is 15.3 Å². The van der Waals surface area contributed by atoms with Gasteiger partial charge in [-0.05, 0) is 52.1 Å². The lowest BCUT2D eigenvalue weighted by Crippen LogP contribution is -2.50. The number of nitrogens with one attached hydrogen (secondary N) is 1. The summed E-state index contributed by atoms with van der Waals surface area (Å²) in [7, 11) is 0. The normalized spacial score (nSPS) is 25.8. The number of rotatable bonds is 9. The molecule has 1 saturated carbocycles. The molecule has 1 aliphatic rings. The van der Waals surface area contributed by atoms with E-state index in [-0.39, 0.29) is 0 Å². The summed E-state index contributed by atoms with van der Waals surface area (Å²) in [5.74, 6) is 0. The molecule has 0 aromatic heterocycles. The highest BCUT2D eigenvalue weighted by atomic mass is 15.2. The second-order valence-electron chi connectivity index (χ2n) is 5.91. The monoisotopic (exact) mass is 254 g/mol. The molecule has 1 N–H and O–H groups in total. The Morgan fingerprint density at radius 2 is 1.94 bits per heavy atom. The van der Waals surface area contributed by atoms with Crippen molar-refractivity contribution in [2.45, 2.75) is 90.8 Å². The van der Waals surface area contributed by atoms with Gasteiger partial charge in [-0.15, -0.1) is 0 Å². The lowest BCUT2D eigenvalue weighted by Gasteiger charge is -2.37. The van der Waals surface area contributed by atoms with Crippen molar-refractivity contribution < 1.29 is 0 Å². The zero-order valence-electron chi connectivity index (χ0n) is 13.0. The van der Waals surface area contributed by atoms with Crippen LogP contribution in [0.25, 0.3) is 0 Å². The summed E-state index contributed by atoms with van der Waals surface area (Å²) in [6, 6.07) is 2.28. The van der Waals surface area contributed by atoms with E-state index in [2.05, 4.69) is 37.9 Å². The predicted octanol–water partition coefficient (Wildman–Crippen LogP) is 3.81. The number of unbranched alkanes of at least 4 members (excludes halogenated alkanes) is 1. The summed E-state index contributed by atoms with van der Waals surface area (Å²) < 4.78 is 0. The summed E-state index contributed by atoms with van der Waals surface area (Å²) in [6.45, 7) is 11.8. The summed E-state index contributed by atoms with van der Waals surface area (Å²) in [5.41, 5.74) is 0. The Morgan fingerprint density at radius 1 is 1.17 bits per heavy atom. The first-order valence-corrected chi connectivity index (χ1v) is 8.23. The number of hydrogen-bond donors (Lipinski definition) is 1. The van der Waals surface area contributed by atoms with Crippen molar-refractivity contribution in [3.05, 3.63) is 0 Å². The molecule has 1 fully saturated rings. The largest absolute Gasteiger partial charge is 0.312 e. The van der Waals surface area contributed by atoms with Gasteiger partial charge in [-0.1, -0.05) is 33.6 Å². The quantitative estimate of drug-likeness (QED) is 0.673. The molecule has 0 amide bonds. The number of nitrogens with zero attached hydrogens (tertiary/aromatic N) is 1. The van der Waals surface area contributed by atoms with Crippen LogP contribution in [0.4, 0.5) is 0 Å². The minimum absolute atomic E-state index is 0.741. The summed E-state index contributed by atoms with van der Waals surface area (Å²) in [4.78, 5) is 2.80. The molecular formula is C16H34N2. The molecule has 0 aromatic rings. The van der Waals surface area contributed by atoms with Crippen LogP contribution in [0.5, 0.6) is 0 Å². The Bertz CT molecular complexity index is 205. The van der Waals surface area contributed by atoms with Crippen LogP contribution in [0.2, 0.25) is 0 Å². The van der Waals surface area contributed by atoms with Crippen molar-refractivity contribution in [3.8, 4) is 0 Å². The van der Waals surface area contributed by atoms with Crippen LogP contribution >= 0.6 is 0 Å². The van der Waals surface area contributed by atoms with Gasteiger partial charge in [0, 0.05) is 18.1 Å². The predicted molar refractivity (Wildman–Crippen MR) is 81.1 cm³/mol. The van der Waals surface area contributed by atoms with Crippen LogP contribution in [-0.2, 0) is 0 Å². The van der Waals surface area contributed by atoms with Gasteiger partial charge in [0.05, 0.1) is 0 Å². The fraction of sp³-hybridized carbons (Fsp3) is 1.00. The Labute approximate surface area is 115 Å². The van der Waals surface area contributed by atoms with E-state index in [1.807, 2.05) is 0 Å². The molecule has 108 valence electrons. The van der Waals surface area contributed by atoms with Gasteiger partial charge in [0.2, 0.25) is 0 Å². The molecule has 0 radical (unpaired) electrons. The summed E-state index contributed by atoms with van der Waals surface area (Å²) >= 11 is 0. The Morgan fingerprint density at radius 3 is 2.56 bits per heavy atom. The van der Waals surface area contributed by atoms with Crippen molar-refractivity contribution in [1.82, 2.24) is 10.2 Å². The molecule has 0 aromatic carbocycles. The first-order valence-electron chi connectivity index (χ1n) is 8.23. The van der Waals surface area contributed by atoms with Crippen LogP contribution in [-0.4, -0.2) is 36.1 Å². The van der Waals surface area contributed by atoms with Gasteiger partial charge in [0.15, 0.2) is 0 Å². The molecule has 0 spiro atoms. The average Bonchev–Trinajstić information content (AvgIpc) is 2.84. The zero-order valence-corrected chi connectivity index (χ0v) is 13.0. The lowest BCUT2D eigenvalue weighted by molar-refractivity contribution is 0.120. The first kappa shape index (κ1) is 16.0. The molecule has 2 nitrogen and oxygen atoms in total. The van der Waals surface area contributed by atoms with Crippen molar-refractivity contribution >= 4 is 0 Å². The highest BCUT2D eigenvalue weighted by Gasteiger charge is 2.32. The molecule has 1 rings (SSSR count). The van der Waals surface area contributed by atoms with E-state index in [1.165, 1.54) is 58.0 Å². The standard InChI is InChI=1S/C16H34N2/c1-5-8-13-18(14(4)7-3)16-11-9-10-15(16)17-12-6-2/h14-17H,5-13H2,1-4H3. The smallest absolute Gasteiger partial charge is 0.0252 e. The summed E-state index contributed by atoms with van der Waals surface area (Å²) in [6.07, 6.45) is 9.38. The van der Waals surface area contributed by atoms with E-state index in [4.69, 9.17) is 0 Å². The highest BCUT2D eigenvalue weighted by Crippen LogP contribution is 2.27. The third-order valence-corrected chi connectivity index (χ3v) is 4.49. The Balaban J connectivity index is 2.57. The zero-order chi connectivity index (χ0) is 13.4. The molecule has 0 heterocycles. The molecule has 0 aliphatic heterocycles. The van der Waals surface area contributed by atoms with Crippen molar-refractivity contribution in [1.29, 1.82) is 0 Å². The van der Waals surface area contributed by atoms with Crippen LogP contribution in [0.3, 0.4) is 0 Å². The first-order chi connectivity index (χ1) is 8.74. The minimum atomic E-state index is 0.741. The number of hydrogen-bond acceptors (Lipinski definition) is 2. The summed E-state index contributed by atoms with van der Waals surface area (Å²) in [5, 5.41) is 3.78. The van der Waals surface area contributed by atoms with E-state index in [0.29, 0.717) is 0 Å². The maximum atomic E-state index is 3.78. The minimum Gasteiger partial charge on any atom is -0.312 e. The van der Waals surface area contributed by atoms with Gasteiger partial charge in [-0.3, -0.25) is 4.90 Å². The second kappa shape index (κ2) is 8.92. The van der Waals surface area contributed by atoms with Gasteiger partial charge < -0.3 is 5.32 Å². The van der Waals surface area contributed by atoms with Crippen LogP contribution in [0.15, 0.2) is 0 Å². The molecule has 3 unspecified atom stereocenters. The maximum absolute atomic E-state index is 3.78. The van der Waals surface area contributed by atoms with Crippen LogP contribution < -0.4 is 5.32 Å². The maximum Gasteiger partial charge on any atom is 0.0252 e. The van der Waals surface area contributed by atoms with E-state index in [0.717, 1.165) is 18.1 Å². The second-order valence-corrected chi connectivity index (χ2v) is 5.91. The van der Waals surface area contributed by atoms with Crippen molar-refractivity contribution in [2.75, 3.05) is 13.1 Å². The molecule has 2 heteroatoms. The Kier molecular flexibility index (Phi) is 7.92. The van der Waals surface area contributed by atoms with Crippen molar-refractivity contribution in [2.24, 2.45) is 0 Å². The molecule has 18 heavy (non-hydrogen) atoms. The van der Waals surface area contributed by atoms with E-state index < -0.39 is 0 Å². The lowest BCUT2D eigenvalue weighted by atomic mass is 10.1. The van der Waals surface area contributed by atoms with Crippen LogP contribution in [0.1, 0.15) is 72.6 Å². The third kappa shape index (κ3) is 4.55. The fourth-order valence-electron chi connectivity index (χ4n) is 3.19. The van der Waals surface area contributed by atoms with Crippen molar-refractivity contribution in [3.63, 3.8) is 0 Å². The van der Waals surface area contributed by atoms with Gasteiger partial charge >= 0.3 is 0 Å². The van der Waals surface area contributed by atoms with Gasteiger partial charge in [-0.25, -0.2) is 0 Å². The highest BCUT2D eigenvalue weighted by molar-refractivity contribution is 4.91. The SMILES string of the molecule is CCCCN(C(C)CC)C1CCCC1NCCC. The van der Waals surface area contributed by atoms with Gasteiger partial charge in [0.1, 0.15) is 0 Å². The van der Waals surface area contributed by atoms with Gasteiger partial charge in [0.25, 0.3) is 0 Å². The molecular weight excluding hydrogens is 220 g/mol. The molecule has 0 saturated heterocycles. The van der Waals surface area contributed by atoms with E-state index in [9.17, 15) is 0 Å². The molecule has 1 aliphatic carbocycles. The van der Waals surface area contributed by atoms with E-state index >= 15 is 0 Å². The fourth-order valence-corrected chi connectivity index (χ4v) is 3.19. The third-order valence-electron chi connectivity index (χ3n) is 4.49. The van der Waals surface area contributed by atoms with Gasteiger partial charge in [-0.2, -0.15) is 0 Å². The van der Waals surface area contributed by atoms with Crippen LogP contribution in [0, 0.1) is 0 Å². The Hall–Kier alpha value is -0.0800.